The first kappa shape index (κ1) is 11.1. The second-order valence-corrected chi connectivity index (χ2v) is 5.40. The molecule has 0 radical (unpaired) electrons. The lowest BCUT2D eigenvalue weighted by atomic mass is 10.3. The number of thiophene rings is 2. The molecule has 0 amide bonds. The molecular weight excluding hydrogens is 244 g/mol. The van der Waals surface area contributed by atoms with Gasteiger partial charge in [-0.3, -0.25) is 10.1 Å². The second kappa shape index (κ2) is 4.23. The fourth-order valence-electron chi connectivity index (χ4n) is 1.39. The Morgan fingerprint density at radius 1 is 1.31 bits per heavy atom. The Labute approximate surface area is 101 Å². The van der Waals surface area contributed by atoms with E-state index >= 15 is 0 Å². The first-order valence-corrected chi connectivity index (χ1v) is 6.28. The van der Waals surface area contributed by atoms with Crippen LogP contribution in [0.3, 0.4) is 0 Å². The summed E-state index contributed by atoms with van der Waals surface area (Å²) in [5.41, 5.74) is 1.10. The molecule has 2 aromatic rings. The minimum Gasteiger partial charge on any atom is -0.376 e. The quantitative estimate of drug-likeness (QED) is 0.622. The number of nitrogens with zero attached hydrogens (tertiary/aromatic N) is 2. The molecule has 6 heteroatoms. The maximum Gasteiger partial charge on any atom is 0.324 e. The maximum absolute atomic E-state index is 10.6. The normalized spacial score (nSPS) is 10.4. The van der Waals surface area contributed by atoms with Crippen LogP contribution in [0.1, 0.15) is 0 Å². The number of rotatable bonds is 3. The number of hydrogen-bond acceptors (Lipinski definition) is 5. The van der Waals surface area contributed by atoms with E-state index in [-0.39, 0.29) is 9.92 Å². The molecule has 0 aliphatic rings. The predicted octanol–water partition coefficient (Wildman–Crippen LogP) is 3.45. The molecule has 0 spiro atoms. The van der Waals surface area contributed by atoms with E-state index in [4.69, 9.17) is 0 Å². The van der Waals surface area contributed by atoms with Gasteiger partial charge < -0.3 is 4.90 Å². The maximum atomic E-state index is 10.6. The summed E-state index contributed by atoms with van der Waals surface area (Å²) >= 11 is 2.82. The van der Waals surface area contributed by atoms with Crippen LogP contribution in [0.25, 0.3) is 9.75 Å². The standard InChI is InChI=1S/C10H10N2O2S2/c1-11(2)7-5-6-15-10(7)8-3-4-9(16-8)12(13)14/h3-6H,1-2H3. The van der Waals surface area contributed by atoms with E-state index in [0.717, 1.165) is 15.4 Å². The van der Waals surface area contributed by atoms with Crippen molar-refractivity contribution >= 4 is 33.4 Å². The summed E-state index contributed by atoms with van der Waals surface area (Å²) < 4.78 is 0. The zero-order chi connectivity index (χ0) is 11.7. The van der Waals surface area contributed by atoms with Gasteiger partial charge in [0.25, 0.3) is 0 Å². The highest BCUT2D eigenvalue weighted by atomic mass is 32.1. The zero-order valence-corrected chi connectivity index (χ0v) is 10.5. The van der Waals surface area contributed by atoms with Gasteiger partial charge in [0.05, 0.1) is 20.4 Å². The molecule has 0 aliphatic carbocycles. The van der Waals surface area contributed by atoms with Gasteiger partial charge in [-0.2, -0.15) is 0 Å². The minimum atomic E-state index is -0.350. The molecule has 0 saturated heterocycles. The molecule has 2 heterocycles. The van der Waals surface area contributed by atoms with Crippen molar-refractivity contribution in [2.75, 3.05) is 19.0 Å². The van der Waals surface area contributed by atoms with Crippen LogP contribution in [0.2, 0.25) is 0 Å². The van der Waals surface area contributed by atoms with E-state index in [1.165, 1.54) is 11.3 Å². The van der Waals surface area contributed by atoms with E-state index in [9.17, 15) is 10.1 Å². The monoisotopic (exact) mass is 254 g/mol. The summed E-state index contributed by atoms with van der Waals surface area (Å²) in [4.78, 5) is 14.3. The molecule has 16 heavy (non-hydrogen) atoms. The number of anilines is 1. The summed E-state index contributed by atoms with van der Waals surface area (Å²) in [6.07, 6.45) is 0. The topological polar surface area (TPSA) is 46.4 Å². The Bertz CT molecular complexity index is 516. The van der Waals surface area contributed by atoms with Gasteiger partial charge in [0.2, 0.25) is 0 Å². The third-order valence-electron chi connectivity index (χ3n) is 2.12. The SMILES string of the molecule is CN(C)c1ccsc1-c1ccc([N+](=O)[O-])s1. The van der Waals surface area contributed by atoms with Crippen LogP contribution < -0.4 is 4.90 Å². The molecule has 0 unspecified atom stereocenters. The van der Waals surface area contributed by atoms with Gasteiger partial charge in [0.1, 0.15) is 0 Å². The molecule has 4 nitrogen and oxygen atoms in total. The lowest BCUT2D eigenvalue weighted by molar-refractivity contribution is -0.380. The van der Waals surface area contributed by atoms with Crippen molar-refractivity contribution in [3.05, 3.63) is 33.7 Å². The highest BCUT2D eigenvalue weighted by molar-refractivity contribution is 7.23. The summed E-state index contributed by atoms with van der Waals surface area (Å²) in [6, 6.07) is 5.38. The summed E-state index contributed by atoms with van der Waals surface area (Å²) in [5, 5.41) is 12.8. The van der Waals surface area contributed by atoms with Crippen molar-refractivity contribution in [2.45, 2.75) is 0 Å². The molecule has 0 aromatic carbocycles. The van der Waals surface area contributed by atoms with Crippen LogP contribution in [0.5, 0.6) is 0 Å². The van der Waals surface area contributed by atoms with Gasteiger partial charge in [-0.15, -0.1) is 11.3 Å². The highest BCUT2D eigenvalue weighted by Crippen LogP contribution is 2.40. The van der Waals surface area contributed by atoms with E-state index in [1.807, 2.05) is 36.5 Å². The van der Waals surface area contributed by atoms with Crippen LogP contribution >= 0.6 is 22.7 Å². The summed E-state index contributed by atoms with van der Waals surface area (Å²) in [7, 11) is 3.93. The minimum absolute atomic E-state index is 0.188. The fraction of sp³-hybridized carbons (Fsp3) is 0.200. The van der Waals surface area contributed by atoms with Crippen LogP contribution in [-0.2, 0) is 0 Å². The third-order valence-corrected chi connectivity index (χ3v) is 4.24. The molecule has 0 fully saturated rings. The van der Waals surface area contributed by atoms with Crippen LogP contribution in [0, 0.1) is 10.1 Å². The average molecular weight is 254 g/mol. The highest BCUT2D eigenvalue weighted by Gasteiger charge is 2.15. The average Bonchev–Trinajstić information content (AvgIpc) is 2.86. The van der Waals surface area contributed by atoms with E-state index in [1.54, 1.807) is 17.4 Å². The fourth-order valence-corrected chi connectivity index (χ4v) is 3.31. The van der Waals surface area contributed by atoms with Crippen molar-refractivity contribution in [1.29, 1.82) is 0 Å². The Hall–Kier alpha value is -1.40. The first-order chi connectivity index (χ1) is 7.59. The Kier molecular flexibility index (Phi) is 2.93. The Morgan fingerprint density at radius 2 is 2.06 bits per heavy atom. The lowest BCUT2D eigenvalue weighted by Crippen LogP contribution is -2.07. The Morgan fingerprint density at radius 3 is 2.62 bits per heavy atom. The molecule has 2 rings (SSSR count). The van der Waals surface area contributed by atoms with Crippen molar-refractivity contribution in [1.82, 2.24) is 0 Å². The molecule has 0 N–H and O–H groups in total. The first-order valence-electron chi connectivity index (χ1n) is 4.59. The van der Waals surface area contributed by atoms with Gasteiger partial charge in [0, 0.05) is 20.2 Å². The van der Waals surface area contributed by atoms with Crippen LogP contribution in [0.4, 0.5) is 10.7 Å². The van der Waals surface area contributed by atoms with Gasteiger partial charge >= 0.3 is 5.00 Å². The smallest absolute Gasteiger partial charge is 0.324 e. The Balaban J connectivity index is 2.42. The van der Waals surface area contributed by atoms with Crippen molar-refractivity contribution in [3.63, 3.8) is 0 Å². The molecule has 84 valence electrons. The summed E-state index contributed by atoms with van der Waals surface area (Å²) in [6.45, 7) is 0. The van der Waals surface area contributed by atoms with E-state index in [0.29, 0.717) is 0 Å². The molecular formula is C10H10N2O2S2. The zero-order valence-electron chi connectivity index (χ0n) is 8.84. The number of nitro groups is 1. The van der Waals surface area contributed by atoms with Gasteiger partial charge in [-0.1, -0.05) is 11.3 Å². The van der Waals surface area contributed by atoms with Crippen molar-refractivity contribution in [2.24, 2.45) is 0 Å². The van der Waals surface area contributed by atoms with Crippen LogP contribution in [-0.4, -0.2) is 19.0 Å². The van der Waals surface area contributed by atoms with Crippen LogP contribution in [0.15, 0.2) is 23.6 Å². The molecule has 0 aliphatic heterocycles. The molecule has 2 aromatic heterocycles. The van der Waals surface area contributed by atoms with E-state index in [2.05, 4.69) is 0 Å². The molecule has 0 atom stereocenters. The number of hydrogen-bond donors (Lipinski definition) is 0. The second-order valence-electron chi connectivity index (χ2n) is 3.42. The lowest BCUT2D eigenvalue weighted by Gasteiger charge is -2.11. The third kappa shape index (κ3) is 1.94. The van der Waals surface area contributed by atoms with Crippen molar-refractivity contribution in [3.8, 4) is 9.75 Å². The molecule has 0 bridgehead atoms. The van der Waals surface area contributed by atoms with Gasteiger partial charge in [-0.05, 0) is 17.5 Å². The molecule has 0 saturated carbocycles. The largest absolute Gasteiger partial charge is 0.376 e. The summed E-state index contributed by atoms with van der Waals surface area (Å²) in [5.74, 6) is 0. The predicted molar refractivity (Wildman–Crippen MR) is 68.6 cm³/mol. The van der Waals surface area contributed by atoms with E-state index < -0.39 is 0 Å². The van der Waals surface area contributed by atoms with Crippen molar-refractivity contribution < 1.29 is 4.92 Å². The van der Waals surface area contributed by atoms with Gasteiger partial charge in [0.15, 0.2) is 0 Å². The van der Waals surface area contributed by atoms with Gasteiger partial charge in [-0.25, -0.2) is 0 Å².